The molecule has 4 bridgehead atoms. The van der Waals surface area contributed by atoms with E-state index in [0.29, 0.717) is 16.7 Å². The van der Waals surface area contributed by atoms with Gasteiger partial charge in [0.05, 0.1) is 12.8 Å². The molecule has 1 aromatic carbocycles. The van der Waals surface area contributed by atoms with Crippen molar-refractivity contribution in [2.24, 2.45) is 23.2 Å². The normalized spacial score (nSPS) is 28.9. The highest BCUT2D eigenvalue weighted by Crippen LogP contribution is 2.61. The molecular formula is C23H27N3O2S2. The van der Waals surface area contributed by atoms with Crippen LogP contribution in [0.5, 0.6) is 5.75 Å². The average molecular weight is 442 g/mol. The number of hydrogen-bond donors (Lipinski definition) is 2. The molecule has 0 atom stereocenters. The van der Waals surface area contributed by atoms with Crippen LogP contribution in [0.4, 0.5) is 5.13 Å². The molecule has 5 nitrogen and oxygen atoms in total. The van der Waals surface area contributed by atoms with Crippen molar-refractivity contribution in [3.63, 3.8) is 0 Å². The van der Waals surface area contributed by atoms with E-state index in [1.807, 2.05) is 29.6 Å². The van der Waals surface area contributed by atoms with Gasteiger partial charge in [-0.2, -0.15) is 0 Å². The van der Waals surface area contributed by atoms with E-state index in [-0.39, 0.29) is 11.3 Å². The predicted octanol–water partition coefficient (Wildman–Crippen LogP) is 5.24. The van der Waals surface area contributed by atoms with Gasteiger partial charge in [0.1, 0.15) is 5.75 Å². The molecule has 1 amide bonds. The Hall–Kier alpha value is -1.99. The van der Waals surface area contributed by atoms with Crippen molar-refractivity contribution < 1.29 is 9.53 Å². The fourth-order valence-electron chi connectivity index (χ4n) is 6.37. The molecule has 2 aromatic rings. The van der Waals surface area contributed by atoms with Crippen molar-refractivity contribution in [2.75, 3.05) is 12.4 Å². The summed E-state index contributed by atoms with van der Waals surface area (Å²) in [7, 11) is 1.65. The highest BCUT2D eigenvalue weighted by Gasteiger charge is 2.51. The Kier molecular flexibility index (Phi) is 5.27. The quantitative estimate of drug-likeness (QED) is 0.622. The van der Waals surface area contributed by atoms with Gasteiger partial charge >= 0.3 is 0 Å². The minimum Gasteiger partial charge on any atom is -0.497 e. The topological polar surface area (TPSA) is 63.2 Å². The molecular weight excluding hydrogens is 414 g/mol. The molecule has 4 aliphatic carbocycles. The third kappa shape index (κ3) is 4.10. The van der Waals surface area contributed by atoms with E-state index in [2.05, 4.69) is 15.6 Å². The number of thiocarbonyl (C=S) groups is 1. The van der Waals surface area contributed by atoms with E-state index in [9.17, 15) is 4.79 Å². The van der Waals surface area contributed by atoms with Crippen molar-refractivity contribution in [2.45, 2.75) is 44.9 Å². The lowest BCUT2D eigenvalue weighted by Gasteiger charge is -2.56. The van der Waals surface area contributed by atoms with Crippen molar-refractivity contribution in [3.8, 4) is 17.0 Å². The minimum atomic E-state index is 0.0429. The molecule has 30 heavy (non-hydrogen) atoms. The number of rotatable bonds is 5. The molecule has 4 saturated carbocycles. The molecule has 0 aliphatic heterocycles. The molecule has 0 unspecified atom stereocenters. The summed E-state index contributed by atoms with van der Waals surface area (Å²) in [6, 6.07) is 7.78. The molecule has 158 valence electrons. The second kappa shape index (κ2) is 7.93. The molecule has 1 heterocycles. The molecule has 0 spiro atoms. The summed E-state index contributed by atoms with van der Waals surface area (Å²) in [4.78, 5) is 17.3. The van der Waals surface area contributed by atoms with E-state index in [4.69, 9.17) is 17.0 Å². The zero-order chi connectivity index (χ0) is 20.7. The number of methoxy groups -OCH3 is 1. The third-order valence-corrected chi connectivity index (χ3v) is 8.03. The van der Waals surface area contributed by atoms with Crippen LogP contribution in [0.25, 0.3) is 11.3 Å². The molecule has 4 aliphatic rings. The van der Waals surface area contributed by atoms with Gasteiger partial charge in [0.15, 0.2) is 10.2 Å². The first-order chi connectivity index (χ1) is 14.5. The van der Waals surface area contributed by atoms with E-state index >= 15 is 0 Å². The van der Waals surface area contributed by atoms with Gasteiger partial charge < -0.3 is 15.4 Å². The van der Waals surface area contributed by atoms with Gasteiger partial charge in [-0.15, -0.1) is 11.3 Å². The number of nitrogens with one attached hydrogen (secondary N) is 2. The van der Waals surface area contributed by atoms with E-state index in [0.717, 1.165) is 34.8 Å². The van der Waals surface area contributed by atoms with Crippen molar-refractivity contribution in [3.05, 3.63) is 29.6 Å². The lowest BCUT2D eigenvalue weighted by molar-refractivity contribution is -0.127. The lowest BCUT2D eigenvalue weighted by Crippen LogP contribution is -2.48. The number of aromatic nitrogens is 1. The smallest absolute Gasteiger partial charge is 0.226 e. The number of ether oxygens (including phenoxy) is 1. The second-order valence-corrected chi connectivity index (χ2v) is 10.6. The highest BCUT2D eigenvalue weighted by molar-refractivity contribution is 7.80. The average Bonchev–Trinajstić information content (AvgIpc) is 3.14. The van der Waals surface area contributed by atoms with E-state index in [1.54, 1.807) is 7.11 Å². The Morgan fingerprint density at radius 1 is 1.17 bits per heavy atom. The maximum atomic E-state index is 12.7. The maximum Gasteiger partial charge on any atom is 0.226 e. The fraction of sp³-hybridized carbons (Fsp3) is 0.522. The van der Waals surface area contributed by atoms with Gasteiger partial charge in [0.2, 0.25) is 5.91 Å². The van der Waals surface area contributed by atoms with Gasteiger partial charge in [-0.25, -0.2) is 4.98 Å². The molecule has 2 N–H and O–H groups in total. The number of carbonyl (C=O) groups excluding carboxylic acids is 1. The number of thiazole rings is 1. The number of nitrogens with zero attached hydrogens (tertiary/aromatic N) is 1. The number of carbonyl (C=O) groups is 1. The van der Waals surface area contributed by atoms with Crippen molar-refractivity contribution in [1.82, 2.24) is 10.3 Å². The third-order valence-electron chi connectivity index (χ3n) is 7.06. The van der Waals surface area contributed by atoms with Gasteiger partial charge in [0.25, 0.3) is 0 Å². The Morgan fingerprint density at radius 3 is 2.40 bits per heavy atom. The molecule has 7 heteroatoms. The minimum absolute atomic E-state index is 0.0429. The highest BCUT2D eigenvalue weighted by atomic mass is 32.1. The van der Waals surface area contributed by atoms with Crippen LogP contribution < -0.4 is 15.4 Å². The number of benzene rings is 1. The number of anilines is 1. The Labute approximate surface area is 186 Å². The first kappa shape index (κ1) is 19.9. The van der Waals surface area contributed by atoms with Crippen LogP contribution in [0.3, 0.4) is 0 Å². The summed E-state index contributed by atoms with van der Waals surface area (Å²) in [6.07, 6.45) is 8.45. The van der Waals surface area contributed by atoms with Crippen LogP contribution in [0, 0.1) is 23.2 Å². The summed E-state index contributed by atoms with van der Waals surface area (Å²) >= 11 is 6.86. The fourth-order valence-corrected chi connectivity index (χ4v) is 7.37. The molecule has 1 aromatic heterocycles. The molecule has 6 rings (SSSR count). The Morgan fingerprint density at radius 2 is 1.80 bits per heavy atom. The van der Waals surface area contributed by atoms with Gasteiger partial charge in [-0.1, -0.05) is 0 Å². The summed E-state index contributed by atoms with van der Waals surface area (Å²) in [5, 5.41) is 8.97. The van der Waals surface area contributed by atoms with Crippen LogP contribution in [-0.2, 0) is 4.79 Å². The van der Waals surface area contributed by atoms with Crippen LogP contribution in [-0.4, -0.2) is 23.1 Å². The van der Waals surface area contributed by atoms with Crippen LogP contribution >= 0.6 is 23.6 Å². The van der Waals surface area contributed by atoms with E-state index in [1.165, 1.54) is 49.9 Å². The van der Waals surface area contributed by atoms with E-state index < -0.39 is 0 Å². The summed E-state index contributed by atoms with van der Waals surface area (Å²) < 4.78 is 5.20. The van der Waals surface area contributed by atoms with Crippen LogP contribution in [0.15, 0.2) is 29.6 Å². The summed E-state index contributed by atoms with van der Waals surface area (Å²) in [5.74, 6) is 3.40. The molecule has 4 fully saturated rings. The van der Waals surface area contributed by atoms with Gasteiger partial charge in [0, 0.05) is 17.4 Å². The Balaban J connectivity index is 1.16. The van der Waals surface area contributed by atoms with Crippen LogP contribution in [0.2, 0.25) is 0 Å². The van der Waals surface area contributed by atoms with Crippen molar-refractivity contribution >= 4 is 39.7 Å². The standard InChI is InChI=1S/C23H27N3O2S2/c1-28-18-4-2-17(3-5-18)19-13-30-22(24-19)26-21(29)25-20(27)12-23-9-14-6-15(10-23)8-16(7-14)11-23/h2-5,13-16H,6-12H2,1H3,(H2,24,25,26,27,29). The monoisotopic (exact) mass is 441 g/mol. The van der Waals surface area contributed by atoms with Crippen LogP contribution in [0.1, 0.15) is 44.9 Å². The lowest BCUT2D eigenvalue weighted by atomic mass is 9.49. The predicted molar refractivity (Wildman–Crippen MR) is 124 cm³/mol. The first-order valence-corrected chi connectivity index (χ1v) is 12.0. The largest absolute Gasteiger partial charge is 0.497 e. The molecule has 0 radical (unpaired) electrons. The van der Waals surface area contributed by atoms with Crippen molar-refractivity contribution in [1.29, 1.82) is 0 Å². The maximum absolute atomic E-state index is 12.7. The number of amides is 1. The first-order valence-electron chi connectivity index (χ1n) is 10.7. The summed E-state index contributed by atoms with van der Waals surface area (Å²) in [5.41, 5.74) is 2.10. The van der Waals surface area contributed by atoms with Gasteiger partial charge in [-0.3, -0.25) is 4.79 Å². The number of hydrogen-bond acceptors (Lipinski definition) is 5. The zero-order valence-electron chi connectivity index (χ0n) is 17.1. The zero-order valence-corrected chi connectivity index (χ0v) is 18.8. The van der Waals surface area contributed by atoms with Gasteiger partial charge in [-0.05, 0) is 98.2 Å². The summed E-state index contributed by atoms with van der Waals surface area (Å²) in [6.45, 7) is 0. The second-order valence-electron chi connectivity index (χ2n) is 9.36. The molecule has 0 saturated heterocycles. The Bertz CT molecular complexity index is 918. The SMILES string of the molecule is COc1ccc(-c2csc(NC(=S)NC(=O)CC34CC5CC(CC(C5)C3)C4)n2)cc1.